The number of anilines is 1. The Morgan fingerprint density at radius 2 is 1.87 bits per heavy atom. The van der Waals surface area contributed by atoms with E-state index in [4.69, 9.17) is 4.74 Å². The van der Waals surface area contributed by atoms with Crippen LogP contribution in [0.15, 0.2) is 65.1 Å². The Bertz CT molecular complexity index is 1030. The molecule has 0 N–H and O–H groups in total. The van der Waals surface area contributed by atoms with Gasteiger partial charge in [0.1, 0.15) is 5.75 Å². The topological polar surface area (TPSA) is 68.7 Å². The van der Waals surface area contributed by atoms with Gasteiger partial charge in [-0.25, -0.2) is 4.79 Å². The van der Waals surface area contributed by atoms with Crippen LogP contribution < -0.4 is 9.75 Å². The van der Waals surface area contributed by atoms with E-state index < -0.39 is 0 Å². The molecule has 1 aromatic rings. The molecule has 0 spiro atoms. The normalized spacial score (nSPS) is 23.2. The van der Waals surface area contributed by atoms with Crippen LogP contribution in [0.25, 0.3) is 0 Å². The molecule has 1 saturated heterocycles. The van der Waals surface area contributed by atoms with E-state index in [0.717, 1.165) is 24.5 Å². The molecular formula is C23H25N5O3. The standard InChI is InChI=1S/C23H25N5O3/c1-25-11-13-26(14-12-25)23(30)27-15-19-21(18-5-3-4-6-20(18)27)24-28(22(19)29)16-7-9-17(31-2)10-8-16/h3-4,6-10,15,18H,5,11-14H2,1-2H3. The Labute approximate surface area is 181 Å². The lowest BCUT2D eigenvalue weighted by molar-refractivity contribution is -0.114. The lowest BCUT2D eigenvalue weighted by Gasteiger charge is -2.39. The molecule has 1 aliphatic carbocycles. The van der Waals surface area contributed by atoms with Gasteiger partial charge in [-0.05, 0) is 43.8 Å². The smallest absolute Gasteiger partial charge is 0.328 e. The van der Waals surface area contributed by atoms with E-state index in [-0.39, 0.29) is 17.9 Å². The molecule has 1 fully saturated rings. The van der Waals surface area contributed by atoms with E-state index in [0.29, 0.717) is 36.5 Å². The van der Waals surface area contributed by atoms with E-state index >= 15 is 0 Å². The average Bonchev–Trinajstić information content (AvgIpc) is 3.15. The molecule has 8 heteroatoms. The summed E-state index contributed by atoms with van der Waals surface area (Å²) in [5.74, 6) is 0.379. The van der Waals surface area contributed by atoms with Crippen molar-refractivity contribution in [1.29, 1.82) is 0 Å². The highest BCUT2D eigenvalue weighted by Gasteiger charge is 2.43. The zero-order valence-corrected chi connectivity index (χ0v) is 17.7. The third kappa shape index (κ3) is 3.33. The SMILES string of the molecule is COc1ccc(N2N=C3C(=CN(C(=O)N4CCN(C)CC4)C4=CC=CCC43)C2=O)cc1. The minimum absolute atomic E-state index is 0.0816. The number of hydrogen-bond donors (Lipinski definition) is 0. The van der Waals surface area contributed by atoms with Crippen molar-refractivity contribution in [3.8, 4) is 5.75 Å². The highest BCUT2D eigenvalue weighted by Crippen LogP contribution is 2.38. The Morgan fingerprint density at radius 3 is 2.58 bits per heavy atom. The first-order valence-electron chi connectivity index (χ1n) is 10.5. The average molecular weight is 419 g/mol. The molecule has 5 rings (SSSR count). The van der Waals surface area contributed by atoms with Gasteiger partial charge in [0.15, 0.2) is 0 Å². The number of piperazine rings is 1. The molecule has 1 unspecified atom stereocenters. The molecule has 0 bridgehead atoms. The summed E-state index contributed by atoms with van der Waals surface area (Å²) in [7, 11) is 3.66. The maximum Gasteiger partial charge on any atom is 0.328 e. The molecule has 3 heterocycles. The summed E-state index contributed by atoms with van der Waals surface area (Å²) in [6.07, 6.45) is 8.36. The molecule has 0 radical (unpaired) electrons. The molecule has 3 aliphatic heterocycles. The number of amides is 3. The lowest BCUT2D eigenvalue weighted by Crippen LogP contribution is -2.52. The molecule has 0 saturated carbocycles. The number of nitrogens with zero attached hydrogens (tertiary/aromatic N) is 5. The number of carbonyl (C=O) groups is 2. The minimum Gasteiger partial charge on any atom is -0.497 e. The van der Waals surface area contributed by atoms with Crippen molar-refractivity contribution in [2.45, 2.75) is 6.42 Å². The highest BCUT2D eigenvalue weighted by atomic mass is 16.5. The van der Waals surface area contributed by atoms with E-state index in [1.807, 2.05) is 29.2 Å². The molecular weight excluding hydrogens is 394 g/mol. The first-order chi connectivity index (χ1) is 15.1. The predicted molar refractivity (Wildman–Crippen MR) is 118 cm³/mol. The second-order valence-electron chi connectivity index (χ2n) is 8.09. The fourth-order valence-corrected chi connectivity index (χ4v) is 4.35. The number of methoxy groups -OCH3 is 1. The summed E-state index contributed by atoms with van der Waals surface area (Å²) in [4.78, 5) is 32.4. The summed E-state index contributed by atoms with van der Waals surface area (Å²) < 4.78 is 5.21. The van der Waals surface area contributed by atoms with Crippen LogP contribution in [-0.2, 0) is 4.79 Å². The number of carbonyl (C=O) groups excluding carboxylic acids is 2. The van der Waals surface area contributed by atoms with Crippen molar-refractivity contribution < 1.29 is 14.3 Å². The molecule has 1 atom stereocenters. The molecule has 8 nitrogen and oxygen atoms in total. The summed E-state index contributed by atoms with van der Waals surface area (Å²) in [5.41, 5.74) is 2.75. The van der Waals surface area contributed by atoms with E-state index in [9.17, 15) is 9.59 Å². The summed E-state index contributed by atoms with van der Waals surface area (Å²) in [6, 6.07) is 7.14. The van der Waals surface area contributed by atoms with Gasteiger partial charge in [0, 0.05) is 44.0 Å². The van der Waals surface area contributed by atoms with Crippen molar-refractivity contribution in [3.63, 3.8) is 0 Å². The van der Waals surface area contributed by atoms with Gasteiger partial charge >= 0.3 is 6.03 Å². The first-order valence-corrected chi connectivity index (χ1v) is 10.5. The van der Waals surface area contributed by atoms with Crippen LogP contribution >= 0.6 is 0 Å². The quantitative estimate of drug-likeness (QED) is 0.738. The summed E-state index contributed by atoms with van der Waals surface area (Å²) in [5, 5.41) is 6.09. The van der Waals surface area contributed by atoms with Gasteiger partial charge in [-0.1, -0.05) is 12.2 Å². The summed E-state index contributed by atoms with van der Waals surface area (Å²) in [6.45, 7) is 3.04. The highest BCUT2D eigenvalue weighted by molar-refractivity contribution is 6.32. The van der Waals surface area contributed by atoms with Gasteiger partial charge in [0.25, 0.3) is 5.91 Å². The molecule has 4 aliphatic rings. The second kappa shape index (κ2) is 7.70. The maximum absolute atomic E-state index is 13.4. The minimum atomic E-state index is -0.218. The van der Waals surface area contributed by atoms with E-state index in [1.54, 1.807) is 30.3 Å². The maximum atomic E-state index is 13.4. The first kappa shape index (κ1) is 19.6. The third-order valence-electron chi connectivity index (χ3n) is 6.20. The Hall–Kier alpha value is -3.39. The Morgan fingerprint density at radius 1 is 1.13 bits per heavy atom. The monoisotopic (exact) mass is 419 g/mol. The number of likely N-dealkylation sites (N-methyl/N-ethyl adjacent to an activating group) is 1. The third-order valence-corrected chi connectivity index (χ3v) is 6.20. The number of fused-ring (bicyclic) bond motifs is 3. The van der Waals surface area contributed by atoms with E-state index in [1.165, 1.54) is 5.01 Å². The fourth-order valence-electron chi connectivity index (χ4n) is 4.35. The van der Waals surface area contributed by atoms with Crippen molar-refractivity contribution in [2.75, 3.05) is 45.3 Å². The van der Waals surface area contributed by atoms with Gasteiger partial charge in [-0.15, -0.1) is 0 Å². The number of ether oxygens (including phenoxy) is 1. The molecule has 31 heavy (non-hydrogen) atoms. The van der Waals surface area contributed by atoms with Crippen LogP contribution in [0.1, 0.15) is 6.42 Å². The number of urea groups is 1. The Balaban J connectivity index is 1.49. The number of hydrogen-bond acceptors (Lipinski definition) is 5. The fraction of sp³-hybridized carbons (Fsp3) is 0.348. The number of hydrazone groups is 1. The van der Waals surface area contributed by atoms with Crippen molar-refractivity contribution in [1.82, 2.24) is 14.7 Å². The van der Waals surface area contributed by atoms with Crippen LogP contribution in [0, 0.1) is 5.92 Å². The van der Waals surface area contributed by atoms with Gasteiger partial charge in [0.05, 0.1) is 24.1 Å². The second-order valence-corrected chi connectivity index (χ2v) is 8.09. The molecule has 3 amide bonds. The van der Waals surface area contributed by atoms with Crippen LogP contribution in [0.3, 0.4) is 0 Å². The Kier molecular flexibility index (Phi) is 4.86. The molecule has 1 aromatic carbocycles. The zero-order chi connectivity index (χ0) is 21.5. The van der Waals surface area contributed by atoms with Crippen LogP contribution in [0.5, 0.6) is 5.75 Å². The van der Waals surface area contributed by atoms with E-state index in [2.05, 4.69) is 23.1 Å². The molecule has 0 aromatic heterocycles. The van der Waals surface area contributed by atoms with Crippen LogP contribution in [0.4, 0.5) is 10.5 Å². The van der Waals surface area contributed by atoms with Crippen LogP contribution in [-0.4, -0.2) is 72.7 Å². The predicted octanol–water partition coefficient (Wildman–Crippen LogP) is 2.42. The van der Waals surface area contributed by atoms with Crippen LogP contribution in [0.2, 0.25) is 0 Å². The zero-order valence-electron chi connectivity index (χ0n) is 17.7. The number of allylic oxidation sites excluding steroid dienone is 4. The largest absolute Gasteiger partial charge is 0.497 e. The van der Waals surface area contributed by atoms with Crippen molar-refractivity contribution >= 4 is 23.3 Å². The summed E-state index contributed by atoms with van der Waals surface area (Å²) >= 11 is 0. The van der Waals surface area contributed by atoms with Crippen molar-refractivity contribution in [2.24, 2.45) is 11.0 Å². The van der Waals surface area contributed by atoms with Gasteiger partial charge in [-0.3, -0.25) is 9.69 Å². The van der Waals surface area contributed by atoms with Gasteiger partial charge in [0.2, 0.25) is 0 Å². The molecule has 160 valence electrons. The number of benzene rings is 1. The van der Waals surface area contributed by atoms with Gasteiger partial charge < -0.3 is 14.5 Å². The number of rotatable bonds is 2. The lowest BCUT2D eigenvalue weighted by atomic mass is 9.85. The van der Waals surface area contributed by atoms with Crippen molar-refractivity contribution in [3.05, 3.63) is 60.0 Å². The van der Waals surface area contributed by atoms with Gasteiger partial charge in [-0.2, -0.15) is 10.1 Å².